The van der Waals surface area contributed by atoms with Crippen LogP contribution in [0.25, 0.3) is 0 Å². The molecule has 2 rings (SSSR count). The first-order valence-corrected chi connectivity index (χ1v) is 13.4. The summed E-state index contributed by atoms with van der Waals surface area (Å²) in [5, 5.41) is 0. The molecule has 0 aromatic heterocycles. The molecule has 7 heteroatoms. The smallest absolute Gasteiger partial charge is 0.170 e. The number of rotatable bonds is 11. The van der Waals surface area contributed by atoms with E-state index < -0.39 is 17.4 Å². The van der Waals surface area contributed by atoms with Crippen molar-refractivity contribution >= 4 is 17.4 Å². The zero-order valence-electron chi connectivity index (χ0n) is 13.1. The van der Waals surface area contributed by atoms with E-state index in [1.165, 1.54) is 0 Å². The minimum atomic E-state index is -1.40. The van der Waals surface area contributed by atoms with Crippen molar-refractivity contribution in [3.63, 3.8) is 0 Å². The van der Waals surface area contributed by atoms with Gasteiger partial charge in [0.1, 0.15) is 12.2 Å². The van der Waals surface area contributed by atoms with Crippen LogP contribution in [0.5, 0.6) is 0 Å². The second-order valence-electron chi connectivity index (χ2n) is 6.63. The third-order valence-corrected chi connectivity index (χ3v) is 8.69. The Morgan fingerprint density at radius 3 is 2.00 bits per heavy atom. The second-order valence-corrected chi connectivity index (χ2v) is 14.0. The first-order valence-electron chi connectivity index (χ1n) is 7.56. The predicted octanol–water partition coefficient (Wildman–Crippen LogP) is 1.74. The van der Waals surface area contributed by atoms with Crippen molar-refractivity contribution in [2.24, 2.45) is 0 Å². The number of hydrogen-bond acceptors (Lipinski definition) is 5. The fourth-order valence-corrected chi connectivity index (χ4v) is 8.05. The summed E-state index contributed by atoms with van der Waals surface area (Å²) < 4.78 is 28.1. The van der Waals surface area contributed by atoms with E-state index in [0.717, 1.165) is 25.7 Å². The Morgan fingerprint density at radius 2 is 1.60 bits per heavy atom. The van der Waals surface area contributed by atoms with E-state index in [4.69, 9.17) is 23.1 Å². The first-order chi connectivity index (χ1) is 9.42. The van der Waals surface area contributed by atoms with Gasteiger partial charge in [0.15, 0.2) is 23.6 Å². The minimum absolute atomic E-state index is 0.136. The van der Waals surface area contributed by atoms with Crippen molar-refractivity contribution in [1.29, 1.82) is 0 Å². The molecule has 0 bridgehead atoms. The van der Waals surface area contributed by atoms with Crippen LogP contribution in [0, 0.1) is 0 Å². The van der Waals surface area contributed by atoms with E-state index in [9.17, 15) is 0 Å². The molecular weight excluding hydrogens is 292 g/mol. The van der Waals surface area contributed by atoms with Gasteiger partial charge >= 0.3 is 0 Å². The molecular formula is C13H28O5Si2. The van der Waals surface area contributed by atoms with Gasteiger partial charge in [0, 0.05) is 0 Å². The highest BCUT2D eigenvalue weighted by atomic mass is 28.4. The molecule has 5 nitrogen and oxygen atoms in total. The van der Waals surface area contributed by atoms with Gasteiger partial charge in [0.2, 0.25) is 0 Å². The lowest BCUT2D eigenvalue weighted by molar-refractivity contribution is -0.148. The van der Waals surface area contributed by atoms with Crippen molar-refractivity contribution in [2.45, 2.75) is 57.2 Å². The number of epoxide rings is 2. The van der Waals surface area contributed by atoms with Crippen molar-refractivity contribution in [3.8, 4) is 0 Å². The highest BCUT2D eigenvalue weighted by Crippen LogP contribution is 2.18. The molecule has 2 heterocycles. The van der Waals surface area contributed by atoms with E-state index >= 15 is 0 Å². The van der Waals surface area contributed by atoms with Crippen LogP contribution < -0.4 is 0 Å². The highest BCUT2D eigenvalue weighted by molar-refractivity contribution is 6.77. The molecule has 0 aromatic carbocycles. The SMILES string of the molecule is C[SiH](CCC(OCC1CO1)OCC1CO1)O[Si](C)(C)C. The molecule has 20 heavy (non-hydrogen) atoms. The lowest BCUT2D eigenvalue weighted by Gasteiger charge is -2.25. The predicted molar refractivity (Wildman–Crippen MR) is 82.0 cm³/mol. The van der Waals surface area contributed by atoms with E-state index in [-0.39, 0.29) is 18.5 Å². The summed E-state index contributed by atoms with van der Waals surface area (Å²) in [5.41, 5.74) is 0. The van der Waals surface area contributed by atoms with Gasteiger partial charge in [-0.25, -0.2) is 0 Å². The van der Waals surface area contributed by atoms with Crippen molar-refractivity contribution in [1.82, 2.24) is 0 Å². The highest BCUT2D eigenvalue weighted by Gasteiger charge is 2.28. The number of ether oxygens (including phenoxy) is 4. The topological polar surface area (TPSA) is 52.8 Å². The van der Waals surface area contributed by atoms with E-state index in [1.807, 2.05) is 0 Å². The lowest BCUT2D eigenvalue weighted by Crippen LogP contribution is -2.34. The van der Waals surface area contributed by atoms with Crippen LogP contribution in [0.1, 0.15) is 6.42 Å². The van der Waals surface area contributed by atoms with Crippen LogP contribution >= 0.6 is 0 Å². The lowest BCUT2D eigenvalue weighted by atomic mass is 10.4. The maximum atomic E-state index is 6.18. The monoisotopic (exact) mass is 320 g/mol. The summed E-state index contributed by atoms with van der Waals surface area (Å²) in [4.78, 5) is 0. The standard InChI is InChI=1S/C13H28O5Si2/c1-19(18-20(2,3)4)6-5-13(16-9-11-7-14-11)17-10-12-8-15-12/h11-13,19H,5-10H2,1-4H3. The van der Waals surface area contributed by atoms with Gasteiger partial charge in [-0.15, -0.1) is 0 Å². The largest absolute Gasteiger partial charge is 0.458 e. The Bertz CT molecular complexity index is 273. The Kier molecular flexibility index (Phi) is 6.21. The molecule has 2 aliphatic rings. The minimum Gasteiger partial charge on any atom is -0.458 e. The maximum absolute atomic E-state index is 6.18. The van der Waals surface area contributed by atoms with Gasteiger partial charge in [-0.05, 0) is 38.7 Å². The van der Waals surface area contributed by atoms with Crippen LogP contribution in [-0.4, -0.2) is 62.3 Å². The molecule has 118 valence electrons. The van der Waals surface area contributed by atoms with Crippen LogP contribution in [0.15, 0.2) is 0 Å². The zero-order valence-corrected chi connectivity index (χ0v) is 15.2. The van der Waals surface area contributed by atoms with E-state index in [0.29, 0.717) is 13.2 Å². The summed E-state index contributed by atoms with van der Waals surface area (Å²) in [7, 11) is -2.52. The van der Waals surface area contributed by atoms with Crippen LogP contribution in [0.4, 0.5) is 0 Å². The van der Waals surface area contributed by atoms with Gasteiger partial charge in [0.25, 0.3) is 0 Å². The van der Waals surface area contributed by atoms with E-state index in [1.54, 1.807) is 0 Å². The molecule has 0 saturated carbocycles. The third-order valence-electron chi connectivity index (χ3n) is 3.10. The Labute approximate surface area is 124 Å². The van der Waals surface area contributed by atoms with Gasteiger partial charge in [-0.1, -0.05) is 0 Å². The summed E-state index contributed by atoms with van der Waals surface area (Å²) in [6.07, 6.45) is 1.35. The number of hydrogen-bond donors (Lipinski definition) is 0. The van der Waals surface area contributed by atoms with Crippen LogP contribution in [-0.2, 0) is 23.1 Å². The molecule has 3 atom stereocenters. The Balaban J connectivity index is 1.64. The fraction of sp³-hybridized carbons (Fsp3) is 1.00. The Morgan fingerprint density at radius 1 is 1.10 bits per heavy atom. The maximum Gasteiger partial charge on any atom is 0.170 e. The van der Waals surface area contributed by atoms with E-state index in [2.05, 4.69) is 26.2 Å². The molecule has 0 aromatic rings. The quantitative estimate of drug-likeness (QED) is 0.330. The van der Waals surface area contributed by atoms with Crippen molar-refractivity contribution in [2.75, 3.05) is 26.4 Å². The molecule has 3 unspecified atom stereocenters. The molecule has 2 fully saturated rings. The van der Waals surface area contributed by atoms with Gasteiger partial charge in [-0.3, -0.25) is 0 Å². The molecule has 0 amide bonds. The summed E-state index contributed by atoms with van der Waals surface area (Å²) in [6.45, 7) is 11.9. The molecule has 0 radical (unpaired) electrons. The molecule has 0 spiro atoms. The van der Waals surface area contributed by atoms with Crippen molar-refractivity contribution in [3.05, 3.63) is 0 Å². The Hall–Kier alpha value is 0.234. The van der Waals surface area contributed by atoms with Gasteiger partial charge in [0.05, 0.1) is 26.4 Å². The normalized spacial score (nSPS) is 28.2. The second kappa shape index (κ2) is 7.48. The average molecular weight is 321 g/mol. The summed E-state index contributed by atoms with van der Waals surface area (Å²) in [6, 6.07) is 1.09. The fourth-order valence-electron chi connectivity index (χ4n) is 2.01. The molecule has 0 aliphatic carbocycles. The van der Waals surface area contributed by atoms with Gasteiger partial charge < -0.3 is 23.1 Å². The molecule has 2 saturated heterocycles. The summed E-state index contributed by atoms with van der Waals surface area (Å²) >= 11 is 0. The molecule has 0 N–H and O–H groups in total. The molecule has 2 aliphatic heterocycles. The van der Waals surface area contributed by atoms with Crippen molar-refractivity contribution < 1.29 is 23.1 Å². The van der Waals surface area contributed by atoms with Gasteiger partial charge in [-0.2, -0.15) is 0 Å². The first kappa shape index (κ1) is 16.6. The summed E-state index contributed by atoms with van der Waals surface area (Å²) in [5.74, 6) is 0. The average Bonchev–Trinajstić information content (AvgIpc) is 3.20. The third kappa shape index (κ3) is 7.87. The van der Waals surface area contributed by atoms with Crippen LogP contribution in [0.2, 0.25) is 32.2 Å². The zero-order chi connectivity index (χ0) is 14.6. The van der Waals surface area contributed by atoms with Crippen LogP contribution in [0.3, 0.4) is 0 Å².